The average Bonchev–Trinajstić information content (AvgIpc) is 2.23. The van der Waals surface area contributed by atoms with Crippen LogP contribution < -0.4 is 0 Å². The van der Waals surface area contributed by atoms with Crippen molar-refractivity contribution in [3.8, 4) is 6.07 Å². The van der Waals surface area contributed by atoms with Crippen LogP contribution in [0, 0.1) is 22.7 Å². The van der Waals surface area contributed by atoms with Gasteiger partial charge >= 0.3 is 0 Å². The number of hydrogen-bond acceptors (Lipinski definition) is 1. The van der Waals surface area contributed by atoms with Gasteiger partial charge in [-0.15, -0.1) is 0 Å². The molecule has 0 heterocycles. The van der Waals surface area contributed by atoms with E-state index in [1.165, 1.54) is 6.42 Å². The van der Waals surface area contributed by atoms with E-state index in [1.54, 1.807) is 0 Å². The van der Waals surface area contributed by atoms with Gasteiger partial charge in [-0.05, 0) is 44.4 Å². The molecule has 0 aromatic carbocycles. The molecule has 0 aliphatic rings. The Morgan fingerprint density at radius 3 is 2.56 bits per heavy atom. The van der Waals surface area contributed by atoms with Crippen LogP contribution in [0.4, 0.5) is 0 Å². The van der Waals surface area contributed by atoms with Crippen molar-refractivity contribution in [2.75, 3.05) is 0 Å². The molecule has 0 aromatic heterocycles. The van der Waals surface area contributed by atoms with Crippen LogP contribution >= 0.6 is 0 Å². The molecule has 1 atom stereocenters. The maximum Gasteiger partial charge on any atom is 0.0940 e. The molecule has 0 saturated heterocycles. The highest BCUT2D eigenvalue weighted by Gasteiger charge is 2.16. The molecule has 16 heavy (non-hydrogen) atoms. The standard InChI is InChI=1S/C15H25N/c1-6-7-8-13(2)9-10-15(4,5)11-14(3)12-16/h6-7,11,13H,8-10H2,1-5H3/b7-6-,14-11+. The topological polar surface area (TPSA) is 23.8 Å². The van der Waals surface area contributed by atoms with Crippen molar-refractivity contribution in [1.82, 2.24) is 0 Å². The van der Waals surface area contributed by atoms with Gasteiger partial charge in [0.15, 0.2) is 0 Å². The van der Waals surface area contributed by atoms with Crippen molar-refractivity contribution in [2.24, 2.45) is 11.3 Å². The van der Waals surface area contributed by atoms with Gasteiger partial charge in [-0.1, -0.05) is 39.0 Å². The lowest BCUT2D eigenvalue weighted by Gasteiger charge is -2.22. The third-order valence-corrected chi connectivity index (χ3v) is 2.84. The molecule has 90 valence electrons. The number of hydrogen-bond donors (Lipinski definition) is 0. The van der Waals surface area contributed by atoms with Gasteiger partial charge in [-0.25, -0.2) is 0 Å². The van der Waals surface area contributed by atoms with Crippen molar-refractivity contribution in [3.05, 3.63) is 23.8 Å². The van der Waals surface area contributed by atoms with E-state index >= 15 is 0 Å². The van der Waals surface area contributed by atoms with E-state index < -0.39 is 0 Å². The monoisotopic (exact) mass is 219 g/mol. The Morgan fingerprint density at radius 2 is 2.06 bits per heavy atom. The van der Waals surface area contributed by atoms with E-state index in [4.69, 9.17) is 5.26 Å². The van der Waals surface area contributed by atoms with Crippen molar-refractivity contribution in [3.63, 3.8) is 0 Å². The second-order valence-electron chi connectivity index (χ2n) is 5.38. The van der Waals surface area contributed by atoms with Crippen LogP contribution in [-0.2, 0) is 0 Å². The Morgan fingerprint density at radius 1 is 1.44 bits per heavy atom. The highest BCUT2D eigenvalue weighted by atomic mass is 14.3. The molecule has 0 aromatic rings. The number of allylic oxidation sites excluding steroid dienone is 4. The molecule has 0 rings (SSSR count). The third-order valence-electron chi connectivity index (χ3n) is 2.84. The summed E-state index contributed by atoms with van der Waals surface area (Å²) in [6, 6.07) is 2.19. The van der Waals surface area contributed by atoms with Gasteiger partial charge in [-0.3, -0.25) is 0 Å². The number of nitrogens with zero attached hydrogens (tertiary/aromatic N) is 1. The predicted molar refractivity (Wildman–Crippen MR) is 71.0 cm³/mol. The molecule has 0 spiro atoms. The maximum absolute atomic E-state index is 8.76. The fraction of sp³-hybridized carbons (Fsp3) is 0.667. The summed E-state index contributed by atoms with van der Waals surface area (Å²) in [7, 11) is 0. The third kappa shape index (κ3) is 7.29. The van der Waals surface area contributed by atoms with E-state index in [-0.39, 0.29) is 5.41 Å². The average molecular weight is 219 g/mol. The number of nitriles is 1. The molecule has 0 aliphatic heterocycles. The second kappa shape index (κ2) is 7.28. The summed E-state index contributed by atoms with van der Waals surface area (Å²) in [6.07, 6.45) is 9.95. The molecule has 1 nitrogen and oxygen atoms in total. The molecule has 0 saturated carbocycles. The van der Waals surface area contributed by atoms with Gasteiger partial charge in [0.1, 0.15) is 0 Å². The fourth-order valence-corrected chi connectivity index (χ4v) is 1.80. The normalized spacial score (nSPS) is 15.1. The lowest BCUT2D eigenvalue weighted by atomic mass is 9.83. The van der Waals surface area contributed by atoms with E-state index in [2.05, 4.69) is 52.0 Å². The van der Waals surface area contributed by atoms with Crippen LogP contribution in [0.15, 0.2) is 23.8 Å². The highest BCUT2D eigenvalue weighted by molar-refractivity contribution is 5.20. The zero-order chi connectivity index (χ0) is 12.6. The Balaban J connectivity index is 4.14. The summed E-state index contributed by atoms with van der Waals surface area (Å²) >= 11 is 0. The minimum atomic E-state index is 0.143. The molecular formula is C15H25N. The van der Waals surface area contributed by atoms with Crippen LogP contribution in [0.1, 0.15) is 53.9 Å². The second-order valence-corrected chi connectivity index (χ2v) is 5.38. The molecule has 0 bridgehead atoms. The molecule has 0 radical (unpaired) electrons. The van der Waals surface area contributed by atoms with Crippen LogP contribution in [0.2, 0.25) is 0 Å². The van der Waals surface area contributed by atoms with Crippen molar-refractivity contribution in [1.29, 1.82) is 5.26 Å². The maximum atomic E-state index is 8.76. The minimum absolute atomic E-state index is 0.143. The Bertz CT molecular complexity index is 289. The van der Waals surface area contributed by atoms with E-state index in [9.17, 15) is 0 Å². The summed E-state index contributed by atoms with van der Waals surface area (Å²) in [5.74, 6) is 0.728. The van der Waals surface area contributed by atoms with Gasteiger partial charge in [-0.2, -0.15) is 5.26 Å². The van der Waals surface area contributed by atoms with Crippen molar-refractivity contribution in [2.45, 2.75) is 53.9 Å². The lowest BCUT2D eigenvalue weighted by molar-refractivity contribution is 0.372. The summed E-state index contributed by atoms with van der Waals surface area (Å²) in [6.45, 7) is 10.6. The lowest BCUT2D eigenvalue weighted by Crippen LogP contribution is -2.10. The molecular weight excluding hydrogens is 194 g/mol. The van der Waals surface area contributed by atoms with E-state index in [0.29, 0.717) is 0 Å². The van der Waals surface area contributed by atoms with Gasteiger partial charge < -0.3 is 0 Å². The van der Waals surface area contributed by atoms with Gasteiger partial charge in [0.05, 0.1) is 6.07 Å². The van der Waals surface area contributed by atoms with E-state index in [1.807, 2.05) is 6.92 Å². The SMILES string of the molecule is C/C=C\CC(C)CCC(C)(C)/C=C(\C)C#N. The zero-order valence-electron chi connectivity index (χ0n) is 11.4. The minimum Gasteiger partial charge on any atom is -0.193 e. The summed E-state index contributed by atoms with van der Waals surface area (Å²) in [5.41, 5.74) is 0.968. The first-order valence-corrected chi connectivity index (χ1v) is 6.12. The van der Waals surface area contributed by atoms with Crippen LogP contribution in [0.25, 0.3) is 0 Å². The Hall–Kier alpha value is -1.03. The Kier molecular flexibility index (Phi) is 6.81. The highest BCUT2D eigenvalue weighted by Crippen LogP contribution is 2.28. The van der Waals surface area contributed by atoms with Crippen molar-refractivity contribution < 1.29 is 0 Å². The first-order valence-electron chi connectivity index (χ1n) is 6.12. The molecule has 0 fully saturated rings. The zero-order valence-corrected chi connectivity index (χ0v) is 11.4. The number of rotatable bonds is 6. The summed E-state index contributed by atoms with van der Waals surface area (Å²) < 4.78 is 0. The summed E-state index contributed by atoms with van der Waals surface area (Å²) in [4.78, 5) is 0. The Labute approximate surface area is 101 Å². The first-order chi connectivity index (χ1) is 7.41. The van der Waals surface area contributed by atoms with Gasteiger partial charge in [0, 0.05) is 5.57 Å². The molecule has 0 N–H and O–H groups in total. The predicted octanol–water partition coefficient (Wildman–Crippen LogP) is 4.86. The van der Waals surface area contributed by atoms with Gasteiger partial charge in [0.25, 0.3) is 0 Å². The quantitative estimate of drug-likeness (QED) is 0.462. The van der Waals surface area contributed by atoms with E-state index in [0.717, 1.165) is 24.3 Å². The molecule has 0 aliphatic carbocycles. The molecule has 1 heteroatoms. The largest absolute Gasteiger partial charge is 0.193 e. The first kappa shape index (κ1) is 15.0. The smallest absolute Gasteiger partial charge is 0.0940 e. The van der Waals surface area contributed by atoms with Gasteiger partial charge in [0.2, 0.25) is 0 Å². The molecule has 1 unspecified atom stereocenters. The van der Waals surface area contributed by atoms with Crippen LogP contribution in [0.5, 0.6) is 0 Å². The van der Waals surface area contributed by atoms with Crippen molar-refractivity contribution >= 4 is 0 Å². The van der Waals surface area contributed by atoms with Crippen LogP contribution in [-0.4, -0.2) is 0 Å². The molecule has 0 amide bonds. The fourth-order valence-electron chi connectivity index (χ4n) is 1.80. The van der Waals surface area contributed by atoms with Crippen LogP contribution in [0.3, 0.4) is 0 Å². The summed E-state index contributed by atoms with van der Waals surface area (Å²) in [5, 5.41) is 8.76.